The van der Waals surface area contributed by atoms with Crippen LogP contribution in [0.1, 0.15) is 51.9 Å². The Hall–Kier alpha value is -0.330. The van der Waals surface area contributed by atoms with Crippen LogP contribution in [-0.4, -0.2) is 48.5 Å². The highest BCUT2D eigenvalue weighted by atomic mass is 19.4. The molecule has 1 saturated heterocycles. The molecule has 0 aromatic rings. The molecule has 2 N–H and O–H groups in total. The van der Waals surface area contributed by atoms with Gasteiger partial charge in [-0.15, -0.1) is 0 Å². The van der Waals surface area contributed by atoms with Gasteiger partial charge in [-0.2, -0.15) is 13.2 Å². The first-order chi connectivity index (χ1) is 9.86. The van der Waals surface area contributed by atoms with Crippen LogP contribution in [0.4, 0.5) is 13.2 Å². The molecule has 1 aliphatic heterocycles. The summed E-state index contributed by atoms with van der Waals surface area (Å²) in [6.07, 6.45) is 0.560. The van der Waals surface area contributed by atoms with Crippen LogP contribution in [0.5, 0.6) is 0 Å². The highest BCUT2D eigenvalue weighted by Gasteiger charge is 2.42. The van der Waals surface area contributed by atoms with Gasteiger partial charge in [0.2, 0.25) is 0 Å². The molecular weight excluding hydrogens is 281 g/mol. The fraction of sp³-hybridized carbons (Fsp3) is 1.00. The van der Waals surface area contributed by atoms with Crippen LogP contribution in [0.15, 0.2) is 0 Å². The van der Waals surface area contributed by atoms with E-state index in [4.69, 9.17) is 10.5 Å². The molecule has 1 saturated carbocycles. The van der Waals surface area contributed by atoms with Crippen LogP contribution in [-0.2, 0) is 4.74 Å². The Morgan fingerprint density at radius 2 is 1.90 bits per heavy atom. The third kappa shape index (κ3) is 4.33. The van der Waals surface area contributed by atoms with Gasteiger partial charge in [0.15, 0.2) is 0 Å². The predicted molar refractivity (Wildman–Crippen MR) is 76.1 cm³/mol. The smallest absolute Gasteiger partial charge is 0.375 e. The van der Waals surface area contributed by atoms with E-state index in [2.05, 4.69) is 4.90 Å². The first-order valence-electron chi connectivity index (χ1n) is 8.01. The summed E-state index contributed by atoms with van der Waals surface area (Å²) in [5.74, 6) is 0. The maximum atomic E-state index is 12.4. The number of rotatable bonds is 5. The molecule has 3 atom stereocenters. The maximum absolute atomic E-state index is 12.4. The second-order valence-corrected chi connectivity index (χ2v) is 6.62. The summed E-state index contributed by atoms with van der Waals surface area (Å²) < 4.78 is 43.0. The van der Waals surface area contributed by atoms with Gasteiger partial charge in [-0.3, -0.25) is 4.90 Å². The molecule has 1 heterocycles. The molecule has 3 nitrogen and oxygen atoms in total. The molecule has 3 unspecified atom stereocenters. The first-order valence-corrected chi connectivity index (χ1v) is 8.01. The summed E-state index contributed by atoms with van der Waals surface area (Å²) in [6.45, 7) is 3.85. The van der Waals surface area contributed by atoms with Crippen LogP contribution in [0.2, 0.25) is 0 Å². The molecule has 0 bridgehead atoms. The van der Waals surface area contributed by atoms with Crippen LogP contribution < -0.4 is 5.73 Å². The number of nitrogens with zero attached hydrogens (tertiary/aromatic N) is 1. The first kappa shape index (κ1) is 17.0. The standard InChI is InChI=1S/C15H27F3N2O/c1-14(11-19,7-4-8-15(16,17)18)20-9-10-21-13-6-3-2-5-12(13)20/h12-13H,2-11,19H2,1H3. The molecule has 124 valence electrons. The Balaban J connectivity index is 2.00. The molecule has 0 aromatic heterocycles. The van der Waals surface area contributed by atoms with Crippen molar-refractivity contribution in [1.82, 2.24) is 4.90 Å². The zero-order valence-electron chi connectivity index (χ0n) is 12.8. The Kier molecular flexibility index (Phi) is 5.54. The van der Waals surface area contributed by atoms with Crippen molar-refractivity contribution in [3.05, 3.63) is 0 Å². The number of ether oxygens (including phenoxy) is 1. The van der Waals surface area contributed by atoms with Gasteiger partial charge in [0.1, 0.15) is 0 Å². The largest absolute Gasteiger partial charge is 0.389 e. The molecule has 21 heavy (non-hydrogen) atoms. The van der Waals surface area contributed by atoms with Gasteiger partial charge < -0.3 is 10.5 Å². The van der Waals surface area contributed by atoms with Crippen molar-refractivity contribution in [2.45, 2.75) is 75.7 Å². The summed E-state index contributed by atoms with van der Waals surface area (Å²) in [5.41, 5.74) is 5.59. The van der Waals surface area contributed by atoms with E-state index in [-0.39, 0.29) is 18.1 Å². The number of hydrogen-bond donors (Lipinski definition) is 1. The summed E-state index contributed by atoms with van der Waals surface area (Å²) in [4.78, 5) is 2.34. The lowest BCUT2D eigenvalue weighted by Crippen LogP contribution is -2.63. The van der Waals surface area contributed by atoms with E-state index >= 15 is 0 Å². The molecular formula is C15H27F3N2O. The zero-order valence-corrected chi connectivity index (χ0v) is 12.8. The van der Waals surface area contributed by atoms with E-state index in [1.165, 1.54) is 12.8 Å². The van der Waals surface area contributed by atoms with Crippen LogP contribution >= 0.6 is 0 Å². The minimum atomic E-state index is -4.08. The van der Waals surface area contributed by atoms with E-state index in [1.54, 1.807) is 0 Å². The minimum absolute atomic E-state index is 0.145. The molecule has 2 aliphatic rings. The molecule has 0 amide bonds. The third-order valence-corrected chi connectivity index (χ3v) is 5.04. The summed E-state index contributed by atoms with van der Waals surface area (Å²) in [5, 5.41) is 0. The Morgan fingerprint density at radius 3 is 2.57 bits per heavy atom. The quantitative estimate of drug-likeness (QED) is 0.848. The van der Waals surface area contributed by atoms with E-state index in [0.29, 0.717) is 25.6 Å². The van der Waals surface area contributed by atoms with Crippen molar-refractivity contribution in [3.8, 4) is 0 Å². The van der Waals surface area contributed by atoms with Crippen molar-refractivity contribution < 1.29 is 17.9 Å². The summed E-state index contributed by atoms with van der Waals surface area (Å²) >= 11 is 0. The Bertz CT molecular complexity index is 335. The highest BCUT2D eigenvalue weighted by molar-refractivity contribution is 4.97. The summed E-state index contributed by atoms with van der Waals surface area (Å²) in [6, 6.07) is 0.326. The monoisotopic (exact) mass is 308 g/mol. The second-order valence-electron chi connectivity index (χ2n) is 6.62. The number of fused-ring (bicyclic) bond motifs is 1. The number of hydrogen-bond acceptors (Lipinski definition) is 3. The fourth-order valence-electron chi connectivity index (χ4n) is 3.80. The van der Waals surface area contributed by atoms with Crippen molar-refractivity contribution in [2.24, 2.45) is 5.73 Å². The fourth-order valence-corrected chi connectivity index (χ4v) is 3.80. The van der Waals surface area contributed by atoms with Crippen molar-refractivity contribution in [2.75, 3.05) is 19.7 Å². The van der Waals surface area contributed by atoms with Gasteiger partial charge in [0, 0.05) is 31.1 Å². The molecule has 0 aromatic carbocycles. The van der Waals surface area contributed by atoms with E-state index in [1.807, 2.05) is 6.92 Å². The van der Waals surface area contributed by atoms with Crippen LogP contribution in [0.25, 0.3) is 0 Å². The zero-order chi connectivity index (χ0) is 15.5. The minimum Gasteiger partial charge on any atom is -0.375 e. The Labute approximate surface area is 125 Å². The molecule has 0 radical (unpaired) electrons. The maximum Gasteiger partial charge on any atom is 0.389 e. The molecule has 0 spiro atoms. The second kappa shape index (κ2) is 6.84. The van der Waals surface area contributed by atoms with Gasteiger partial charge in [-0.05, 0) is 32.6 Å². The summed E-state index contributed by atoms with van der Waals surface area (Å²) in [7, 11) is 0. The lowest BCUT2D eigenvalue weighted by atomic mass is 9.84. The number of halogens is 3. The number of nitrogens with two attached hydrogens (primary N) is 1. The van der Waals surface area contributed by atoms with Crippen molar-refractivity contribution in [1.29, 1.82) is 0 Å². The average Bonchev–Trinajstić information content (AvgIpc) is 2.45. The third-order valence-electron chi connectivity index (χ3n) is 5.04. The molecule has 2 fully saturated rings. The van der Waals surface area contributed by atoms with Crippen molar-refractivity contribution >= 4 is 0 Å². The molecule has 2 rings (SSSR count). The molecule has 1 aliphatic carbocycles. The van der Waals surface area contributed by atoms with Gasteiger partial charge in [-0.25, -0.2) is 0 Å². The van der Waals surface area contributed by atoms with Gasteiger partial charge in [-0.1, -0.05) is 12.8 Å². The van der Waals surface area contributed by atoms with Gasteiger partial charge in [0.25, 0.3) is 0 Å². The van der Waals surface area contributed by atoms with E-state index in [9.17, 15) is 13.2 Å². The van der Waals surface area contributed by atoms with E-state index in [0.717, 1.165) is 19.4 Å². The van der Waals surface area contributed by atoms with Gasteiger partial charge >= 0.3 is 6.18 Å². The predicted octanol–water partition coefficient (Wildman–Crippen LogP) is 3.08. The Morgan fingerprint density at radius 1 is 1.19 bits per heavy atom. The SMILES string of the molecule is CC(CN)(CCCC(F)(F)F)N1CCOC2CCCCC21. The molecule has 6 heteroatoms. The van der Waals surface area contributed by atoms with Crippen molar-refractivity contribution in [3.63, 3.8) is 0 Å². The lowest BCUT2D eigenvalue weighted by Gasteiger charge is -2.52. The average molecular weight is 308 g/mol. The van der Waals surface area contributed by atoms with Gasteiger partial charge in [0.05, 0.1) is 12.7 Å². The van der Waals surface area contributed by atoms with E-state index < -0.39 is 12.6 Å². The highest BCUT2D eigenvalue weighted by Crippen LogP contribution is 2.35. The lowest BCUT2D eigenvalue weighted by molar-refractivity contribution is -0.142. The number of alkyl halides is 3. The normalized spacial score (nSPS) is 30.7. The van der Waals surface area contributed by atoms with Crippen LogP contribution in [0.3, 0.4) is 0 Å². The topological polar surface area (TPSA) is 38.5 Å². The van der Waals surface area contributed by atoms with Crippen LogP contribution in [0, 0.1) is 0 Å². The number of morpholine rings is 1.